The van der Waals surface area contributed by atoms with Crippen molar-refractivity contribution in [1.82, 2.24) is 19.7 Å². The first kappa shape index (κ1) is 30.1. The van der Waals surface area contributed by atoms with Gasteiger partial charge in [0.1, 0.15) is 11.6 Å². The lowest BCUT2D eigenvalue weighted by Crippen LogP contribution is -2.67. The number of aryl methyl sites for hydroxylation is 1. The molecular formula is C34H45N5O3. The number of hydrogen-bond donors (Lipinski definition) is 2. The first-order valence-corrected chi connectivity index (χ1v) is 15.5. The summed E-state index contributed by atoms with van der Waals surface area (Å²) < 4.78 is 0. The van der Waals surface area contributed by atoms with Gasteiger partial charge in [0.2, 0.25) is 11.8 Å². The molecular weight excluding hydrogens is 526 g/mol. The highest BCUT2D eigenvalue weighted by Crippen LogP contribution is 2.36. The number of piperidine rings is 2. The number of likely N-dealkylation sites (tertiary alicyclic amines) is 2. The number of imide groups is 1. The third-order valence-corrected chi connectivity index (χ3v) is 9.53. The van der Waals surface area contributed by atoms with Crippen LogP contribution in [0.5, 0.6) is 0 Å². The Morgan fingerprint density at radius 1 is 0.952 bits per heavy atom. The fourth-order valence-corrected chi connectivity index (χ4v) is 7.09. The summed E-state index contributed by atoms with van der Waals surface area (Å²) in [6.45, 7) is 8.58. The maximum absolute atomic E-state index is 14.8. The molecule has 0 bridgehead atoms. The summed E-state index contributed by atoms with van der Waals surface area (Å²) in [6.07, 6.45) is 8.07. The number of hydrogen-bond acceptors (Lipinski definition) is 6. The minimum atomic E-state index is -1.66. The molecule has 2 unspecified atom stereocenters. The molecule has 3 N–H and O–H groups in total. The maximum atomic E-state index is 14.8. The fraction of sp³-hybridized carbons (Fsp3) is 0.500. The molecule has 0 spiro atoms. The minimum absolute atomic E-state index is 0.140. The van der Waals surface area contributed by atoms with Crippen molar-refractivity contribution < 1.29 is 14.4 Å². The molecule has 0 aliphatic carbocycles. The second-order valence-electron chi connectivity index (χ2n) is 12.0. The van der Waals surface area contributed by atoms with Crippen LogP contribution in [0.25, 0.3) is 10.9 Å². The zero-order valence-electron chi connectivity index (χ0n) is 25.3. The maximum Gasteiger partial charge on any atom is 0.249 e. The minimum Gasteiger partial charge on any atom is -0.361 e. The van der Waals surface area contributed by atoms with Crippen molar-refractivity contribution in [1.29, 1.82) is 0 Å². The molecule has 2 amide bonds. The Labute approximate surface area is 249 Å². The van der Waals surface area contributed by atoms with Crippen molar-refractivity contribution in [3.05, 3.63) is 71.4 Å². The van der Waals surface area contributed by atoms with Gasteiger partial charge in [0, 0.05) is 48.7 Å². The lowest BCUT2D eigenvalue weighted by molar-refractivity contribution is -0.153. The first-order valence-electron chi connectivity index (χ1n) is 15.5. The molecule has 3 heterocycles. The van der Waals surface area contributed by atoms with Crippen LogP contribution in [0.3, 0.4) is 0 Å². The number of nitrogens with zero attached hydrogens (tertiary/aromatic N) is 3. The Morgan fingerprint density at radius 2 is 1.60 bits per heavy atom. The Hall–Kier alpha value is -3.33. The van der Waals surface area contributed by atoms with Crippen LogP contribution in [0.1, 0.15) is 69.6 Å². The highest BCUT2D eigenvalue weighted by molar-refractivity contribution is 6.04. The molecule has 8 nitrogen and oxygen atoms in total. The average molecular weight is 572 g/mol. The number of Topliss-reactive ketones (excluding diaryl/α,β-unsaturated/α-hetero) is 1. The zero-order chi connectivity index (χ0) is 29.9. The fourth-order valence-electron chi connectivity index (χ4n) is 7.09. The van der Waals surface area contributed by atoms with Crippen LogP contribution in [-0.2, 0) is 32.9 Å². The second kappa shape index (κ2) is 12.9. The number of H-pyrrole nitrogens is 1. The standard InChI is InChI=1S/C34H45N5O3/c1-4-26-12-6-7-13-27(26)23-39(25(3)41)33(42)32(38-20-16-28(17-21-38)37-18-10-5-11-19-37)34(35,24(2)40)30-22-36-31-15-9-8-14-29(30)31/h6-9,12-15,22,28,32,36H,4-5,10-11,16-21,23,35H2,1-3H3. The summed E-state index contributed by atoms with van der Waals surface area (Å²) >= 11 is 0. The highest BCUT2D eigenvalue weighted by Gasteiger charge is 2.52. The van der Waals surface area contributed by atoms with Gasteiger partial charge in [-0.1, -0.05) is 55.8 Å². The number of benzene rings is 2. The average Bonchev–Trinajstić information content (AvgIpc) is 3.45. The van der Waals surface area contributed by atoms with Gasteiger partial charge in [-0.2, -0.15) is 0 Å². The number of aromatic nitrogens is 1. The van der Waals surface area contributed by atoms with Crippen molar-refractivity contribution in [2.75, 3.05) is 26.2 Å². The molecule has 2 aliphatic rings. The monoisotopic (exact) mass is 571 g/mol. The lowest BCUT2D eigenvalue weighted by Gasteiger charge is -2.47. The third-order valence-electron chi connectivity index (χ3n) is 9.53. The van der Waals surface area contributed by atoms with Crippen LogP contribution in [-0.4, -0.2) is 75.5 Å². The van der Waals surface area contributed by atoms with Crippen molar-refractivity contribution in [2.45, 2.75) is 83.5 Å². The van der Waals surface area contributed by atoms with Gasteiger partial charge in [-0.25, -0.2) is 0 Å². The quantitative estimate of drug-likeness (QED) is 0.396. The van der Waals surface area contributed by atoms with E-state index in [2.05, 4.69) is 21.7 Å². The van der Waals surface area contributed by atoms with Gasteiger partial charge in [-0.05, 0) is 69.3 Å². The van der Waals surface area contributed by atoms with Gasteiger partial charge < -0.3 is 15.6 Å². The molecule has 2 aliphatic heterocycles. The van der Waals surface area contributed by atoms with E-state index in [1.807, 2.05) is 48.5 Å². The molecule has 8 heteroatoms. The molecule has 2 atom stereocenters. The molecule has 2 saturated heterocycles. The van der Waals surface area contributed by atoms with E-state index >= 15 is 0 Å². The normalized spacial score (nSPS) is 19.3. The number of nitrogens with two attached hydrogens (primary N) is 1. The van der Waals surface area contributed by atoms with E-state index in [1.165, 1.54) is 38.0 Å². The van der Waals surface area contributed by atoms with Crippen molar-refractivity contribution in [2.24, 2.45) is 5.73 Å². The molecule has 5 rings (SSSR count). The predicted octanol–water partition coefficient (Wildman–Crippen LogP) is 4.37. The van der Waals surface area contributed by atoms with Crippen LogP contribution in [0.15, 0.2) is 54.7 Å². The summed E-state index contributed by atoms with van der Waals surface area (Å²) in [4.78, 5) is 50.9. The summed E-state index contributed by atoms with van der Waals surface area (Å²) in [5, 5.41) is 0.807. The van der Waals surface area contributed by atoms with E-state index in [0.717, 1.165) is 54.4 Å². The molecule has 0 radical (unpaired) electrons. The van der Waals surface area contributed by atoms with E-state index < -0.39 is 17.5 Å². The van der Waals surface area contributed by atoms with Gasteiger partial charge in [0.25, 0.3) is 0 Å². The number of aromatic amines is 1. The van der Waals surface area contributed by atoms with Crippen LogP contribution >= 0.6 is 0 Å². The van der Waals surface area contributed by atoms with Crippen molar-refractivity contribution in [3.63, 3.8) is 0 Å². The molecule has 224 valence electrons. The molecule has 3 aromatic rings. The van der Waals surface area contributed by atoms with Gasteiger partial charge >= 0.3 is 0 Å². The van der Waals surface area contributed by atoms with Crippen LogP contribution in [0, 0.1) is 0 Å². The number of para-hydroxylation sites is 1. The summed E-state index contributed by atoms with van der Waals surface area (Å²) in [7, 11) is 0. The summed E-state index contributed by atoms with van der Waals surface area (Å²) in [5.41, 5.74) is 9.00. The number of carbonyl (C=O) groups excluding carboxylic acids is 3. The Morgan fingerprint density at radius 3 is 2.24 bits per heavy atom. The van der Waals surface area contributed by atoms with E-state index in [-0.39, 0.29) is 18.2 Å². The van der Waals surface area contributed by atoms with Crippen molar-refractivity contribution in [3.8, 4) is 0 Å². The molecule has 2 fully saturated rings. The highest BCUT2D eigenvalue weighted by atomic mass is 16.2. The number of fused-ring (bicyclic) bond motifs is 1. The van der Waals surface area contributed by atoms with Gasteiger partial charge in [0.05, 0.1) is 6.54 Å². The lowest BCUT2D eigenvalue weighted by atomic mass is 9.77. The molecule has 42 heavy (non-hydrogen) atoms. The van der Waals surface area contributed by atoms with E-state index in [4.69, 9.17) is 5.73 Å². The van der Waals surface area contributed by atoms with E-state index in [1.54, 1.807) is 6.20 Å². The SMILES string of the molecule is CCc1ccccc1CN(C(C)=O)C(=O)C(N1CCC(N2CCCCC2)CC1)C(N)(C(C)=O)c1c[nH]c2ccccc12. The number of amides is 2. The largest absolute Gasteiger partial charge is 0.361 e. The number of ketones is 1. The van der Waals surface area contributed by atoms with Gasteiger partial charge in [0.15, 0.2) is 5.78 Å². The Kier molecular flexibility index (Phi) is 9.25. The number of rotatable bonds is 9. The molecule has 2 aromatic carbocycles. The van der Waals surface area contributed by atoms with E-state index in [9.17, 15) is 14.4 Å². The summed E-state index contributed by atoms with van der Waals surface area (Å²) in [6, 6.07) is 15.0. The third kappa shape index (κ3) is 5.80. The van der Waals surface area contributed by atoms with Crippen LogP contribution < -0.4 is 5.73 Å². The zero-order valence-corrected chi connectivity index (χ0v) is 25.3. The van der Waals surface area contributed by atoms with Gasteiger partial charge in [-0.3, -0.25) is 24.2 Å². The number of nitrogens with one attached hydrogen (secondary N) is 1. The van der Waals surface area contributed by atoms with Crippen molar-refractivity contribution >= 4 is 28.5 Å². The Balaban J connectivity index is 1.55. The second-order valence-corrected chi connectivity index (χ2v) is 12.0. The topological polar surface area (TPSA) is 103 Å². The molecule has 1 aromatic heterocycles. The van der Waals surface area contributed by atoms with Crippen LogP contribution in [0.4, 0.5) is 0 Å². The molecule has 0 saturated carbocycles. The first-order chi connectivity index (χ1) is 20.3. The van der Waals surface area contributed by atoms with Gasteiger partial charge in [-0.15, -0.1) is 0 Å². The van der Waals surface area contributed by atoms with Crippen LogP contribution in [0.2, 0.25) is 0 Å². The summed E-state index contributed by atoms with van der Waals surface area (Å²) in [5.74, 6) is -1.09. The Bertz CT molecular complexity index is 1420. The number of carbonyl (C=O) groups is 3. The predicted molar refractivity (Wildman–Crippen MR) is 166 cm³/mol. The smallest absolute Gasteiger partial charge is 0.249 e. The van der Waals surface area contributed by atoms with E-state index in [0.29, 0.717) is 24.7 Å².